The van der Waals surface area contributed by atoms with E-state index in [1.165, 1.54) is 12.8 Å². The van der Waals surface area contributed by atoms with Gasteiger partial charge in [0.25, 0.3) is 0 Å². The van der Waals surface area contributed by atoms with Crippen molar-refractivity contribution < 1.29 is 9.47 Å². The summed E-state index contributed by atoms with van der Waals surface area (Å²) in [6.07, 6.45) is 2.45. The number of benzene rings is 1. The van der Waals surface area contributed by atoms with Crippen molar-refractivity contribution in [1.82, 2.24) is 14.9 Å². The number of ether oxygens (including phenoxy) is 2. The third-order valence-electron chi connectivity index (χ3n) is 3.84. The largest absolute Gasteiger partial charge is 0.486 e. The van der Waals surface area contributed by atoms with E-state index in [1.807, 2.05) is 12.1 Å². The minimum atomic E-state index is 0.608. The van der Waals surface area contributed by atoms with Crippen molar-refractivity contribution in [2.24, 2.45) is 0 Å². The fourth-order valence-electron chi connectivity index (χ4n) is 2.62. The zero-order chi connectivity index (χ0) is 14.7. The number of fused-ring (bicyclic) bond motifs is 2. The third kappa shape index (κ3) is 3.13. The van der Waals surface area contributed by atoms with Gasteiger partial charge in [-0.1, -0.05) is 20.3 Å². The van der Waals surface area contributed by atoms with Crippen molar-refractivity contribution >= 4 is 11.0 Å². The van der Waals surface area contributed by atoms with Crippen LogP contribution in [0, 0.1) is 0 Å². The van der Waals surface area contributed by atoms with E-state index in [9.17, 15) is 0 Å². The number of unbranched alkanes of at least 4 members (excludes halogenated alkanes) is 1. The van der Waals surface area contributed by atoms with E-state index in [0.717, 1.165) is 48.0 Å². The molecule has 5 heteroatoms. The molecule has 0 bridgehead atoms. The lowest BCUT2D eigenvalue weighted by Gasteiger charge is -2.18. The Morgan fingerprint density at radius 3 is 2.67 bits per heavy atom. The van der Waals surface area contributed by atoms with E-state index in [2.05, 4.69) is 28.7 Å². The number of H-pyrrole nitrogens is 1. The van der Waals surface area contributed by atoms with Gasteiger partial charge in [-0.25, -0.2) is 4.98 Å². The Kier molecular flexibility index (Phi) is 4.29. The van der Waals surface area contributed by atoms with Crippen LogP contribution in [0.5, 0.6) is 11.5 Å². The molecule has 21 heavy (non-hydrogen) atoms. The van der Waals surface area contributed by atoms with Crippen LogP contribution < -0.4 is 9.47 Å². The SMILES string of the molecule is CCCCN(CC)Cc1nc2cc3c(cc2[nH]1)OCCO3. The molecule has 2 heterocycles. The highest BCUT2D eigenvalue weighted by Crippen LogP contribution is 2.33. The van der Waals surface area contributed by atoms with E-state index in [4.69, 9.17) is 9.47 Å². The molecular formula is C16H23N3O2. The molecule has 0 atom stereocenters. The lowest BCUT2D eigenvalue weighted by molar-refractivity contribution is 0.172. The van der Waals surface area contributed by atoms with Crippen LogP contribution in [0.2, 0.25) is 0 Å². The molecule has 0 spiro atoms. The van der Waals surface area contributed by atoms with Crippen molar-refractivity contribution in [3.8, 4) is 11.5 Å². The molecule has 114 valence electrons. The highest BCUT2D eigenvalue weighted by Gasteiger charge is 2.15. The predicted octanol–water partition coefficient (Wildman–Crippen LogP) is 2.96. The van der Waals surface area contributed by atoms with Crippen LogP contribution in [-0.4, -0.2) is 41.2 Å². The maximum atomic E-state index is 5.61. The average molecular weight is 289 g/mol. The molecule has 1 N–H and O–H groups in total. The van der Waals surface area contributed by atoms with Crippen LogP contribution in [-0.2, 0) is 6.54 Å². The topological polar surface area (TPSA) is 50.4 Å². The number of nitrogens with one attached hydrogen (secondary N) is 1. The third-order valence-corrected chi connectivity index (χ3v) is 3.84. The lowest BCUT2D eigenvalue weighted by Crippen LogP contribution is -2.24. The Morgan fingerprint density at radius 1 is 1.19 bits per heavy atom. The molecular weight excluding hydrogens is 266 g/mol. The van der Waals surface area contributed by atoms with E-state index < -0.39 is 0 Å². The van der Waals surface area contributed by atoms with Gasteiger partial charge < -0.3 is 14.5 Å². The lowest BCUT2D eigenvalue weighted by atomic mass is 10.2. The number of rotatable bonds is 6. The van der Waals surface area contributed by atoms with Gasteiger partial charge in [-0.2, -0.15) is 0 Å². The number of hydrogen-bond acceptors (Lipinski definition) is 4. The average Bonchev–Trinajstić information content (AvgIpc) is 2.90. The van der Waals surface area contributed by atoms with Crippen LogP contribution in [0.1, 0.15) is 32.5 Å². The second kappa shape index (κ2) is 6.35. The Hall–Kier alpha value is -1.75. The maximum Gasteiger partial charge on any atom is 0.163 e. The van der Waals surface area contributed by atoms with Crippen LogP contribution >= 0.6 is 0 Å². The van der Waals surface area contributed by atoms with Crippen molar-refractivity contribution in [2.75, 3.05) is 26.3 Å². The zero-order valence-corrected chi connectivity index (χ0v) is 12.8. The molecule has 0 aliphatic carbocycles. The van der Waals surface area contributed by atoms with Crippen LogP contribution in [0.4, 0.5) is 0 Å². The number of aromatic amines is 1. The summed E-state index contributed by atoms with van der Waals surface area (Å²) in [6.45, 7) is 8.65. The van der Waals surface area contributed by atoms with Gasteiger partial charge in [0, 0.05) is 12.1 Å². The first-order valence-corrected chi connectivity index (χ1v) is 7.80. The Labute approximate surface area is 125 Å². The van der Waals surface area contributed by atoms with E-state index in [1.54, 1.807) is 0 Å². The van der Waals surface area contributed by atoms with E-state index in [0.29, 0.717) is 13.2 Å². The fraction of sp³-hybridized carbons (Fsp3) is 0.562. The molecule has 0 saturated heterocycles. The predicted molar refractivity (Wildman–Crippen MR) is 82.9 cm³/mol. The molecule has 3 rings (SSSR count). The summed E-state index contributed by atoms with van der Waals surface area (Å²) in [6, 6.07) is 3.95. The van der Waals surface area contributed by atoms with Crippen LogP contribution in [0.25, 0.3) is 11.0 Å². The van der Waals surface area contributed by atoms with Crippen molar-refractivity contribution in [3.05, 3.63) is 18.0 Å². The summed E-state index contributed by atoms with van der Waals surface area (Å²) in [5.41, 5.74) is 1.96. The monoisotopic (exact) mass is 289 g/mol. The molecule has 1 aromatic heterocycles. The second-order valence-electron chi connectivity index (χ2n) is 5.42. The van der Waals surface area contributed by atoms with Crippen molar-refractivity contribution in [3.63, 3.8) is 0 Å². The first kappa shape index (κ1) is 14.2. The zero-order valence-electron chi connectivity index (χ0n) is 12.8. The van der Waals surface area contributed by atoms with Gasteiger partial charge in [0.1, 0.15) is 19.0 Å². The first-order chi connectivity index (χ1) is 10.3. The number of imidazole rings is 1. The standard InChI is InChI=1S/C16H23N3O2/c1-3-5-6-19(4-2)11-16-17-12-9-14-15(10-13(12)18-16)21-8-7-20-14/h9-10H,3-8,11H2,1-2H3,(H,17,18). The molecule has 0 fully saturated rings. The Balaban J connectivity index is 1.80. The maximum absolute atomic E-state index is 5.61. The summed E-state index contributed by atoms with van der Waals surface area (Å²) in [5, 5.41) is 0. The molecule has 0 saturated carbocycles. The minimum Gasteiger partial charge on any atom is -0.486 e. The molecule has 0 amide bonds. The smallest absolute Gasteiger partial charge is 0.163 e. The molecule has 0 unspecified atom stereocenters. The minimum absolute atomic E-state index is 0.608. The molecule has 0 radical (unpaired) electrons. The molecule has 2 aromatic rings. The normalized spacial score (nSPS) is 14.0. The van der Waals surface area contributed by atoms with Crippen molar-refractivity contribution in [1.29, 1.82) is 0 Å². The fourth-order valence-corrected chi connectivity index (χ4v) is 2.62. The van der Waals surface area contributed by atoms with Gasteiger partial charge in [-0.05, 0) is 19.5 Å². The summed E-state index contributed by atoms with van der Waals surface area (Å²) >= 11 is 0. The van der Waals surface area contributed by atoms with Crippen LogP contribution in [0.15, 0.2) is 12.1 Å². The number of nitrogens with zero attached hydrogens (tertiary/aromatic N) is 2. The summed E-state index contributed by atoms with van der Waals surface area (Å²) in [4.78, 5) is 10.5. The van der Waals surface area contributed by atoms with E-state index in [-0.39, 0.29) is 0 Å². The summed E-state index contributed by atoms with van der Waals surface area (Å²) < 4.78 is 11.2. The summed E-state index contributed by atoms with van der Waals surface area (Å²) in [7, 11) is 0. The Bertz CT molecular complexity index is 566. The van der Waals surface area contributed by atoms with Gasteiger partial charge in [0.2, 0.25) is 0 Å². The molecule has 1 aromatic carbocycles. The highest BCUT2D eigenvalue weighted by atomic mass is 16.6. The van der Waals surface area contributed by atoms with Crippen LogP contribution in [0.3, 0.4) is 0 Å². The van der Waals surface area contributed by atoms with Gasteiger partial charge in [-0.3, -0.25) is 4.90 Å². The van der Waals surface area contributed by atoms with Gasteiger partial charge in [0.05, 0.1) is 17.6 Å². The number of aromatic nitrogens is 2. The van der Waals surface area contributed by atoms with Crippen molar-refractivity contribution in [2.45, 2.75) is 33.2 Å². The molecule has 1 aliphatic heterocycles. The van der Waals surface area contributed by atoms with Gasteiger partial charge in [0.15, 0.2) is 11.5 Å². The Morgan fingerprint density at radius 2 is 1.95 bits per heavy atom. The molecule has 5 nitrogen and oxygen atoms in total. The van der Waals surface area contributed by atoms with Gasteiger partial charge >= 0.3 is 0 Å². The van der Waals surface area contributed by atoms with Gasteiger partial charge in [-0.15, -0.1) is 0 Å². The number of hydrogen-bond donors (Lipinski definition) is 1. The molecule has 1 aliphatic rings. The quantitative estimate of drug-likeness (QED) is 0.888. The highest BCUT2D eigenvalue weighted by molar-refractivity contribution is 5.79. The first-order valence-electron chi connectivity index (χ1n) is 7.80. The van der Waals surface area contributed by atoms with E-state index >= 15 is 0 Å². The second-order valence-corrected chi connectivity index (χ2v) is 5.42. The summed E-state index contributed by atoms with van der Waals surface area (Å²) in [5.74, 6) is 2.61.